The van der Waals surface area contributed by atoms with Gasteiger partial charge in [0, 0.05) is 13.2 Å². The first-order chi connectivity index (χ1) is 7.81. The van der Waals surface area contributed by atoms with Gasteiger partial charge in [-0.3, -0.25) is 0 Å². The highest BCUT2D eigenvalue weighted by Crippen LogP contribution is 1.90. The van der Waals surface area contributed by atoms with Gasteiger partial charge in [0.15, 0.2) is 6.29 Å². The summed E-state index contributed by atoms with van der Waals surface area (Å²) >= 11 is 0. The van der Waals surface area contributed by atoms with Gasteiger partial charge in [-0.05, 0) is 20.8 Å². The van der Waals surface area contributed by atoms with E-state index in [1.807, 2.05) is 20.8 Å². The second-order valence-electron chi connectivity index (χ2n) is 2.27. The third-order valence-electron chi connectivity index (χ3n) is 0.803. The van der Waals surface area contributed by atoms with Crippen molar-refractivity contribution < 1.29 is 67.2 Å². The molecule has 0 rings (SSSR count). The largest absolute Gasteiger partial charge is 0.353 e. The van der Waals surface area contributed by atoms with Crippen molar-refractivity contribution >= 4 is 0 Å². The molecule has 0 atom stereocenters. The summed E-state index contributed by atoms with van der Waals surface area (Å²) in [6, 6.07) is 0. The van der Waals surface area contributed by atoms with Crippen LogP contribution in [0.15, 0.2) is 0 Å². The standard InChI is InChI=1S/C6H14O2.2ClHO4/c1-4-7-6(3)8-5-2;2*2-1(3,4)5/h6H,4-5H2,1-3H3;2*(H,2,3,4,5). The fourth-order valence-electron chi connectivity index (χ4n) is 0.518. The van der Waals surface area contributed by atoms with Gasteiger partial charge in [-0.15, -0.1) is 0 Å². The van der Waals surface area contributed by atoms with E-state index in [4.69, 9.17) is 46.7 Å². The Balaban J connectivity index is -0.000000197. The molecule has 0 aliphatic carbocycles. The molecule has 0 saturated carbocycles. The SMILES string of the molecule is CCOC(C)OCC.[O-][Cl+3]([O-])([O-])O.[O-][Cl+3]([O-])([O-])O. The number of halogens is 2. The topological polar surface area (TPSA) is 197 Å². The predicted octanol–water partition coefficient (Wildman–Crippen LogP) is -6.84. The van der Waals surface area contributed by atoms with Gasteiger partial charge < -0.3 is 9.47 Å². The molecule has 18 heavy (non-hydrogen) atoms. The molecule has 0 unspecified atom stereocenters. The fourth-order valence-corrected chi connectivity index (χ4v) is 0.518. The molecular formula is C6H16Cl2O10. The summed E-state index contributed by atoms with van der Waals surface area (Å²) in [6.45, 7) is 7.25. The molecule has 12 heteroatoms. The summed E-state index contributed by atoms with van der Waals surface area (Å²) in [7, 11) is -9.39. The van der Waals surface area contributed by atoms with E-state index >= 15 is 0 Å². The molecule has 0 bridgehead atoms. The van der Waals surface area contributed by atoms with Crippen molar-refractivity contribution in [3.05, 3.63) is 0 Å². The van der Waals surface area contributed by atoms with Crippen molar-refractivity contribution in [2.75, 3.05) is 13.2 Å². The Morgan fingerprint density at radius 2 is 1.00 bits per heavy atom. The van der Waals surface area contributed by atoms with Gasteiger partial charge in [-0.25, -0.2) is 0 Å². The maximum absolute atomic E-state index is 8.60. The summed E-state index contributed by atoms with van der Waals surface area (Å²) in [6.07, 6.45) is -0.0370. The number of hydrogen-bond acceptors (Lipinski definition) is 10. The molecule has 2 N–H and O–H groups in total. The first-order valence-corrected chi connectivity index (χ1v) is 6.83. The molecule has 0 amide bonds. The van der Waals surface area contributed by atoms with Crippen LogP contribution in [0.1, 0.15) is 20.8 Å². The van der Waals surface area contributed by atoms with E-state index in [1.54, 1.807) is 0 Å². The van der Waals surface area contributed by atoms with Crippen LogP contribution in [0.4, 0.5) is 0 Å². The summed E-state index contributed by atoms with van der Waals surface area (Å²) in [5.41, 5.74) is 0. The summed E-state index contributed by atoms with van der Waals surface area (Å²) < 4.78 is 75.6. The molecule has 0 aromatic rings. The highest BCUT2D eigenvalue weighted by atomic mass is 35.7. The van der Waals surface area contributed by atoms with Crippen LogP contribution >= 0.6 is 0 Å². The van der Waals surface area contributed by atoms with Gasteiger partial charge in [0.25, 0.3) is 0 Å². The second kappa shape index (κ2) is 12.2. The maximum Gasteiger partial charge on any atom is 0.154 e. The van der Waals surface area contributed by atoms with Crippen molar-refractivity contribution in [1.82, 2.24) is 0 Å². The van der Waals surface area contributed by atoms with Gasteiger partial charge in [0.05, 0.1) is 29.8 Å². The molecule has 0 radical (unpaired) electrons. The molecule has 114 valence electrons. The average Bonchev–Trinajstić information content (AvgIpc) is 1.97. The van der Waals surface area contributed by atoms with Gasteiger partial charge >= 0.3 is 0 Å². The van der Waals surface area contributed by atoms with Crippen LogP contribution in [-0.2, 0) is 9.47 Å². The highest BCUT2D eigenvalue weighted by Gasteiger charge is 1.99. The third-order valence-corrected chi connectivity index (χ3v) is 0.803. The second-order valence-corrected chi connectivity index (χ2v) is 3.85. The highest BCUT2D eigenvalue weighted by molar-refractivity contribution is 4.26. The molecule has 0 aliphatic rings. The molecule has 0 aromatic carbocycles. The fraction of sp³-hybridized carbons (Fsp3) is 1.00. The van der Waals surface area contributed by atoms with Crippen LogP contribution in [-0.4, -0.2) is 28.8 Å². The van der Waals surface area contributed by atoms with Gasteiger partial charge in [-0.2, -0.15) is 28.0 Å². The number of ether oxygens (including phenoxy) is 2. The minimum atomic E-state index is -4.69. The van der Waals surface area contributed by atoms with E-state index in [1.165, 1.54) is 0 Å². The molecular weight excluding hydrogens is 303 g/mol. The monoisotopic (exact) mass is 318 g/mol. The van der Waals surface area contributed by atoms with Crippen molar-refractivity contribution in [3.8, 4) is 0 Å². The van der Waals surface area contributed by atoms with E-state index in [2.05, 4.69) is 0 Å². The van der Waals surface area contributed by atoms with Gasteiger partial charge in [0.2, 0.25) is 0 Å². The Morgan fingerprint density at radius 3 is 1.11 bits per heavy atom. The third kappa shape index (κ3) is 97.6. The van der Waals surface area contributed by atoms with E-state index in [0.29, 0.717) is 0 Å². The zero-order valence-corrected chi connectivity index (χ0v) is 11.4. The summed E-state index contributed by atoms with van der Waals surface area (Å²) in [4.78, 5) is 0. The molecule has 0 saturated heterocycles. The van der Waals surface area contributed by atoms with Crippen molar-refractivity contribution in [3.63, 3.8) is 0 Å². The predicted molar refractivity (Wildman–Crippen MR) is 37.2 cm³/mol. The lowest BCUT2D eigenvalue weighted by Crippen LogP contribution is -2.58. The van der Waals surface area contributed by atoms with Crippen LogP contribution in [0.2, 0.25) is 0 Å². The van der Waals surface area contributed by atoms with Crippen LogP contribution in [0.25, 0.3) is 0 Å². The quantitative estimate of drug-likeness (QED) is 0.469. The van der Waals surface area contributed by atoms with Crippen molar-refractivity contribution in [2.24, 2.45) is 0 Å². The Kier molecular flexibility index (Phi) is 15.8. The van der Waals surface area contributed by atoms with E-state index in [0.717, 1.165) is 13.2 Å². The summed E-state index contributed by atoms with van der Waals surface area (Å²) in [5.74, 6) is 0. The first kappa shape index (κ1) is 23.3. The Labute approximate surface area is 108 Å². The van der Waals surface area contributed by atoms with E-state index < -0.39 is 20.5 Å². The zero-order valence-electron chi connectivity index (χ0n) is 9.91. The Morgan fingerprint density at radius 1 is 0.833 bits per heavy atom. The number of rotatable bonds is 4. The summed E-state index contributed by atoms with van der Waals surface area (Å²) in [5, 5.41) is 0. The minimum absolute atomic E-state index is 0.0370. The zero-order chi connectivity index (χ0) is 15.4. The van der Waals surface area contributed by atoms with E-state index in [-0.39, 0.29) is 6.29 Å². The first-order valence-electron chi connectivity index (χ1n) is 4.30. The molecule has 0 spiro atoms. The molecule has 0 aromatic heterocycles. The molecule has 0 fully saturated rings. The lowest BCUT2D eigenvalue weighted by molar-refractivity contribution is -1.92. The van der Waals surface area contributed by atoms with Gasteiger partial charge in [0.1, 0.15) is 0 Å². The molecule has 0 heterocycles. The Bertz CT molecular complexity index is 137. The Hall–Kier alpha value is 0.180. The van der Waals surface area contributed by atoms with Crippen LogP contribution in [0.3, 0.4) is 0 Å². The van der Waals surface area contributed by atoms with Crippen LogP contribution in [0, 0.1) is 20.5 Å². The molecule has 0 aliphatic heterocycles. The molecule has 10 nitrogen and oxygen atoms in total. The van der Waals surface area contributed by atoms with Crippen LogP contribution in [0.5, 0.6) is 0 Å². The normalized spacial score (nSPS) is 11.3. The average molecular weight is 319 g/mol. The smallest absolute Gasteiger partial charge is 0.154 e. The van der Waals surface area contributed by atoms with E-state index in [9.17, 15) is 0 Å². The number of hydrogen-bond donors (Lipinski definition) is 2. The minimum Gasteiger partial charge on any atom is -0.353 e. The maximum atomic E-state index is 8.60. The van der Waals surface area contributed by atoms with Crippen LogP contribution < -0.4 is 28.0 Å². The van der Waals surface area contributed by atoms with Gasteiger partial charge in [-0.1, -0.05) is 0 Å². The van der Waals surface area contributed by atoms with Crippen molar-refractivity contribution in [2.45, 2.75) is 27.1 Å². The lowest BCUT2D eigenvalue weighted by atomic mass is 10.7. The van der Waals surface area contributed by atoms with Crippen molar-refractivity contribution in [1.29, 1.82) is 0 Å². The lowest BCUT2D eigenvalue weighted by Gasteiger charge is -2.09.